The molecule has 6 nitrogen and oxygen atoms in total. The number of amides is 3. The van der Waals surface area contributed by atoms with Crippen molar-refractivity contribution in [2.75, 3.05) is 19.7 Å². The fourth-order valence-corrected chi connectivity index (χ4v) is 3.97. The summed E-state index contributed by atoms with van der Waals surface area (Å²) in [5.74, 6) is -0.483. The summed E-state index contributed by atoms with van der Waals surface area (Å²) in [6.07, 6.45) is 2.93. The molecule has 1 atom stereocenters. The minimum absolute atomic E-state index is 0.172. The van der Waals surface area contributed by atoms with Crippen LogP contribution in [0.4, 0.5) is 4.79 Å². The van der Waals surface area contributed by atoms with Crippen LogP contribution in [-0.4, -0.2) is 47.8 Å². The standard InChI is InChI=1S/C15H16N2O4S2/c18-13(11-4-1-7-21-11)16-5-6-17-14(19)12(23-15(17)20)9-10-3-2-8-22-10/h2-3,8-9,11H,1,4-7H2,(H,16,18)/b12-9+. The molecule has 3 amide bonds. The van der Waals surface area contributed by atoms with E-state index in [9.17, 15) is 14.4 Å². The van der Waals surface area contributed by atoms with Crippen LogP contribution >= 0.6 is 23.1 Å². The summed E-state index contributed by atoms with van der Waals surface area (Å²) in [6.45, 7) is 1.02. The van der Waals surface area contributed by atoms with E-state index in [1.165, 1.54) is 16.2 Å². The highest BCUT2D eigenvalue weighted by Gasteiger charge is 2.35. The van der Waals surface area contributed by atoms with Crippen molar-refractivity contribution in [3.05, 3.63) is 27.3 Å². The average molecular weight is 352 g/mol. The van der Waals surface area contributed by atoms with Crippen LogP contribution in [0.1, 0.15) is 17.7 Å². The molecule has 0 aliphatic carbocycles. The molecule has 122 valence electrons. The maximum absolute atomic E-state index is 12.3. The molecule has 1 unspecified atom stereocenters. The Morgan fingerprint density at radius 3 is 3.04 bits per heavy atom. The lowest BCUT2D eigenvalue weighted by Crippen LogP contribution is -2.40. The molecule has 2 fully saturated rings. The summed E-state index contributed by atoms with van der Waals surface area (Å²) < 4.78 is 5.28. The topological polar surface area (TPSA) is 75.7 Å². The quantitative estimate of drug-likeness (QED) is 0.821. The van der Waals surface area contributed by atoms with Crippen LogP contribution in [0.25, 0.3) is 6.08 Å². The third-order valence-corrected chi connectivity index (χ3v) is 5.27. The Morgan fingerprint density at radius 1 is 1.48 bits per heavy atom. The van der Waals surface area contributed by atoms with Gasteiger partial charge in [-0.1, -0.05) is 6.07 Å². The molecule has 23 heavy (non-hydrogen) atoms. The van der Waals surface area contributed by atoms with Gasteiger partial charge in [0.2, 0.25) is 5.91 Å². The fraction of sp³-hybridized carbons (Fsp3) is 0.400. The summed E-state index contributed by atoms with van der Waals surface area (Å²) in [6, 6.07) is 3.78. The van der Waals surface area contributed by atoms with Gasteiger partial charge in [-0.3, -0.25) is 19.3 Å². The van der Waals surface area contributed by atoms with Crippen LogP contribution in [0.3, 0.4) is 0 Å². The Balaban J connectivity index is 1.53. The second kappa shape index (κ2) is 7.29. The highest BCUT2D eigenvalue weighted by atomic mass is 32.2. The molecule has 2 aliphatic rings. The van der Waals surface area contributed by atoms with Crippen LogP contribution in [-0.2, 0) is 14.3 Å². The van der Waals surface area contributed by atoms with Crippen LogP contribution < -0.4 is 5.32 Å². The molecule has 2 saturated heterocycles. The maximum Gasteiger partial charge on any atom is 0.293 e. The van der Waals surface area contributed by atoms with Gasteiger partial charge in [0.25, 0.3) is 11.1 Å². The van der Waals surface area contributed by atoms with Gasteiger partial charge >= 0.3 is 0 Å². The Hall–Kier alpha value is -1.64. The number of thioether (sulfide) groups is 1. The Morgan fingerprint density at radius 2 is 2.35 bits per heavy atom. The van der Waals surface area contributed by atoms with Crippen molar-refractivity contribution in [3.63, 3.8) is 0 Å². The molecule has 2 aliphatic heterocycles. The highest BCUT2D eigenvalue weighted by Crippen LogP contribution is 2.32. The van der Waals surface area contributed by atoms with Crippen molar-refractivity contribution < 1.29 is 19.1 Å². The molecule has 3 heterocycles. The lowest BCUT2D eigenvalue weighted by Gasteiger charge is -2.14. The van der Waals surface area contributed by atoms with Crippen LogP contribution in [0.2, 0.25) is 0 Å². The summed E-state index contributed by atoms with van der Waals surface area (Å²) in [4.78, 5) is 38.5. The van der Waals surface area contributed by atoms with Crippen molar-refractivity contribution in [1.82, 2.24) is 10.2 Å². The second-order valence-electron chi connectivity index (χ2n) is 5.14. The average Bonchev–Trinajstić information content (AvgIpc) is 3.26. The zero-order chi connectivity index (χ0) is 16.2. The van der Waals surface area contributed by atoms with E-state index in [1.807, 2.05) is 17.5 Å². The molecule has 0 bridgehead atoms. The molecule has 1 aromatic heterocycles. The number of nitrogens with one attached hydrogen (secondary N) is 1. The molecule has 1 aromatic rings. The molecule has 8 heteroatoms. The highest BCUT2D eigenvalue weighted by molar-refractivity contribution is 8.18. The first-order valence-corrected chi connectivity index (χ1v) is 9.03. The molecule has 1 N–H and O–H groups in total. The van der Waals surface area contributed by atoms with Crippen LogP contribution in [0, 0.1) is 0 Å². The number of thiophene rings is 1. The minimum atomic E-state index is -0.399. The number of nitrogens with zero attached hydrogens (tertiary/aromatic N) is 1. The van der Waals surface area contributed by atoms with Gasteiger partial charge in [-0.15, -0.1) is 11.3 Å². The van der Waals surface area contributed by atoms with Crippen molar-refractivity contribution in [2.24, 2.45) is 0 Å². The van der Waals surface area contributed by atoms with Gasteiger partial charge < -0.3 is 10.1 Å². The van der Waals surface area contributed by atoms with E-state index < -0.39 is 6.10 Å². The summed E-state index contributed by atoms with van der Waals surface area (Å²) in [7, 11) is 0. The predicted molar refractivity (Wildman–Crippen MR) is 89.0 cm³/mol. The van der Waals surface area contributed by atoms with E-state index in [0.29, 0.717) is 11.5 Å². The second-order valence-corrected chi connectivity index (χ2v) is 7.11. The zero-order valence-electron chi connectivity index (χ0n) is 12.3. The third-order valence-electron chi connectivity index (χ3n) is 3.55. The van der Waals surface area contributed by atoms with E-state index in [2.05, 4.69) is 5.32 Å². The first-order chi connectivity index (χ1) is 11.1. The van der Waals surface area contributed by atoms with E-state index in [0.717, 1.165) is 29.5 Å². The van der Waals surface area contributed by atoms with Crippen LogP contribution in [0.5, 0.6) is 0 Å². The van der Waals surface area contributed by atoms with Gasteiger partial charge in [0.15, 0.2) is 0 Å². The first-order valence-electron chi connectivity index (χ1n) is 7.33. The number of carbonyl (C=O) groups excluding carboxylic acids is 3. The number of rotatable bonds is 5. The van der Waals surface area contributed by atoms with Gasteiger partial charge in [-0.05, 0) is 42.1 Å². The van der Waals surface area contributed by atoms with Crippen molar-refractivity contribution >= 4 is 46.2 Å². The van der Waals surface area contributed by atoms with Crippen molar-refractivity contribution in [2.45, 2.75) is 18.9 Å². The number of imide groups is 1. The SMILES string of the molecule is O=C(NCCN1C(=O)S/C(=C/c2cccs2)C1=O)C1CCCO1. The van der Waals surface area contributed by atoms with E-state index in [-0.39, 0.29) is 30.1 Å². The van der Waals surface area contributed by atoms with Gasteiger partial charge in [-0.2, -0.15) is 0 Å². The van der Waals surface area contributed by atoms with Crippen LogP contribution in [0.15, 0.2) is 22.4 Å². The zero-order valence-corrected chi connectivity index (χ0v) is 14.0. The molecule has 0 radical (unpaired) electrons. The predicted octanol–water partition coefficient (Wildman–Crippen LogP) is 2.08. The third kappa shape index (κ3) is 3.82. The number of carbonyl (C=O) groups is 3. The summed E-state index contributed by atoms with van der Waals surface area (Å²) in [5, 5.41) is 4.33. The van der Waals surface area contributed by atoms with Gasteiger partial charge in [0, 0.05) is 24.6 Å². The number of hydrogen-bond donors (Lipinski definition) is 1. The Kier molecular flexibility index (Phi) is 5.14. The number of hydrogen-bond acceptors (Lipinski definition) is 6. The smallest absolute Gasteiger partial charge is 0.293 e. The van der Waals surface area contributed by atoms with E-state index in [4.69, 9.17) is 4.74 Å². The van der Waals surface area contributed by atoms with E-state index >= 15 is 0 Å². The fourth-order valence-electron chi connectivity index (χ4n) is 2.38. The first kappa shape index (κ1) is 16.2. The lowest BCUT2D eigenvalue weighted by molar-refractivity contribution is -0.130. The summed E-state index contributed by atoms with van der Waals surface area (Å²) >= 11 is 2.44. The minimum Gasteiger partial charge on any atom is -0.368 e. The molecular weight excluding hydrogens is 336 g/mol. The monoisotopic (exact) mass is 352 g/mol. The van der Waals surface area contributed by atoms with Crippen molar-refractivity contribution in [1.29, 1.82) is 0 Å². The molecule has 0 spiro atoms. The maximum atomic E-state index is 12.3. The van der Waals surface area contributed by atoms with Gasteiger partial charge in [0.05, 0.1) is 4.91 Å². The molecule has 3 rings (SSSR count). The van der Waals surface area contributed by atoms with Gasteiger partial charge in [0.1, 0.15) is 6.10 Å². The summed E-state index contributed by atoms with van der Waals surface area (Å²) in [5.41, 5.74) is 0. The van der Waals surface area contributed by atoms with E-state index in [1.54, 1.807) is 6.08 Å². The Bertz CT molecular complexity index is 636. The molecular formula is C15H16N2O4S2. The number of ether oxygens (including phenoxy) is 1. The van der Waals surface area contributed by atoms with Crippen molar-refractivity contribution in [3.8, 4) is 0 Å². The normalized spacial score (nSPS) is 23.0. The Labute approximate surface area is 141 Å². The lowest BCUT2D eigenvalue weighted by atomic mass is 10.2. The molecule has 0 saturated carbocycles. The largest absolute Gasteiger partial charge is 0.368 e. The van der Waals surface area contributed by atoms with Gasteiger partial charge in [-0.25, -0.2) is 0 Å². The molecule has 0 aromatic carbocycles.